The molecule has 1 aliphatic heterocycles. The molecule has 0 saturated heterocycles. The van der Waals surface area contributed by atoms with Crippen LogP contribution in [0.5, 0.6) is 11.5 Å². The molecular formula is C25H35N3O4S. The van der Waals surface area contributed by atoms with Crippen molar-refractivity contribution in [2.75, 3.05) is 39.9 Å². The molecule has 0 bridgehead atoms. The van der Waals surface area contributed by atoms with Crippen molar-refractivity contribution in [3.63, 3.8) is 0 Å². The van der Waals surface area contributed by atoms with E-state index in [9.17, 15) is 9.59 Å². The van der Waals surface area contributed by atoms with Gasteiger partial charge in [0.2, 0.25) is 5.91 Å². The van der Waals surface area contributed by atoms with Gasteiger partial charge in [0.15, 0.2) is 0 Å². The van der Waals surface area contributed by atoms with Crippen molar-refractivity contribution in [1.29, 1.82) is 0 Å². The number of hydrogen-bond donors (Lipinski definition) is 1. The Morgan fingerprint density at radius 2 is 2.06 bits per heavy atom. The van der Waals surface area contributed by atoms with Gasteiger partial charge in [-0.15, -0.1) is 11.3 Å². The number of carbonyl (C=O) groups excluding carboxylic acids is 2. The molecule has 180 valence electrons. The third-order valence-corrected chi connectivity index (χ3v) is 6.59. The number of benzene rings is 1. The summed E-state index contributed by atoms with van der Waals surface area (Å²) in [5, 5.41) is 4.98. The zero-order chi connectivity index (χ0) is 23.8. The van der Waals surface area contributed by atoms with E-state index < -0.39 is 0 Å². The molecule has 2 aromatic rings. The van der Waals surface area contributed by atoms with Crippen LogP contribution >= 0.6 is 11.3 Å². The zero-order valence-electron chi connectivity index (χ0n) is 20.0. The summed E-state index contributed by atoms with van der Waals surface area (Å²) in [6.07, 6.45) is 1.67. The number of thiophene rings is 1. The minimum absolute atomic E-state index is 0.0570. The minimum atomic E-state index is -0.196. The summed E-state index contributed by atoms with van der Waals surface area (Å²) >= 11 is 1.72. The largest absolute Gasteiger partial charge is 0.497 e. The standard InChI is InChI=1S/C25H35N3O4S/c1-5-11-26-25(30)27(15-18(2)3)16-24(29)28-12-9-23-21(10-13-33-23)22(28)17-32-20-8-6-7-19(14-20)31-4/h6-8,10,13-14,18,22H,5,9,11-12,15-17H2,1-4H3,(H,26,30). The predicted octanol–water partition coefficient (Wildman–Crippen LogP) is 4.34. The van der Waals surface area contributed by atoms with Gasteiger partial charge >= 0.3 is 6.03 Å². The highest BCUT2D eigenvalue weighted by Gasteiger charge is 2.33. The normalized spacial score (nSPS) is 15.2. The quantitative estimate of drug-likeness (QED) is 0.557. The van der Waals surface area contributed by atoms with E-state index >= 15 is 0 Å². The van der Waals surface area contributed by atoms with E-state index in [2.05, 4.69) is 16.8 Å². The summed E-state index contributed by atoms with van der Waals surface area (Å²) in [4.78, 5) is 30.9. The molecule has 1 atom stereocenters. The number of rotatable bonds is 10. The molecular weight excluding hydrogens is 438 g/mol. The van der Waals surface area contributed by atoms with Crippen molar-refractivity contribution in [2.24, 2.45) is 5.92 Å². The lowest BCUT2D eigenvalue weighted by Gasteiger charge is -2.37. The van der Waals surface area contributed by atoms with Gasteiger partial charge in [0.1, 0.15) is 24.7 Å². The number of fused-ring (bicyclic) bond motifs is 1. The monoisotopic (exact) mass is 473 g/mol. The summed E-state index contributed by atoms with van der Waals surface area (Å²) in [5.41, 5.74) is 1.13. The highest BCUT2D eigenvalue weighted by molar-refractivity contribution is 7.10. The van der Waals surface area contributed by atoms with Gasteiger partial charge in [-0.2, -0.15) is 0 Å². The van der Waals surface area contributed by atoms with E-state index in [1.54, 1.807) is 23.3 Å². The Morgan fingerprint density at radius 3 is 2.79 bits per heavy atom. The van der Waals surface area contributed by atoms with E-state index in [1.165, 1.54) is 4.88 Å². The SMILES string of the molecule is CCCNC(=O)N(CC(=O)N1CCc2sccc2C1COc1cccc(OC)c1)CC(C)C. The van der Waals surface area contributed by atoms with Crippen LogP contribution in [0.1, 0.15) is 43.7 Å². The fourth-order valence-corrected chi connectivity index (χ4v) is 4.93. The van der Waals surface area contributed by atoms with Crippen molar-refractivity contribution in [2.45, 2.75) is 39.7 Å². The first kappa shape index (κ1) is 24.9. The van der Waals surface area contributed by atoms with Crippen LogP contribution in [0, 0.1) is 5.92 Å². The molecule has 7 nitrogen and oxygen atoms in total. The number of hydrogen-bond acceptors (Lipinski definition) is 5. The summed E-state index contributed by atoms with van der Waals surface area (Å²) in [5.74, 6) is 1.63. The fourth-order valence-electron chi connectivity index (χ4n) is 4.00. The second kappa shape index (κ2) is 11.9. The molecule has 2 heterocycles. The summed E-state index contributed by atoms with van der Waals surface area (Å²) < 4.78 is 11.4. The number of nitrogens with zero attached hydrogens (tertiary/aromatic N) is 2. The van der Waals surface area contributed by atoms with Crippen LogP contribution in [-0.2, 0) is 11.2 Å². The minimum Gasteiger partial charge on any atom is -0.497 e. The molecule has 3 amide bonds. The Morgan fingerprint density at radius 1 is 1.27 bits per heavy atom. The highest BCUT2D eigenvalue weighted by atomic mass is 32.1. The Bertz CT molecular complexity index is 930. The Kier molecular flexibility index (Phi) is 9.00. The number of ether oxygens (including phenoxy) is 2. The number of urea groups is 1. The van der Waals surface area contributed by atoms with Crippen molar-refractivity contribution in [3.8, 4) is 11.5 Å². The molecule has 3 rings (SSSR count). The molecule has 0 saturated carbocycles. The molecule has 1 N–H and O–H groups in total. The first-order chi connectivity index (χ1) is 15.9. The maximum atomic E-state index is 13.5. The van der Waals surface area contributed by atoms with Crippen LogP contribution < -0.4 is 14.8 Å². The van der Waals surface area contributed by atoms with E-state index in [1.807, 2.05) is 49.9 Å². The number of methoxy groups -OCH3 is 1. The highest BCUT2D eigenvalue weighted by Crippen LogP contribution is 2.34. The second-order valence-electron chi connectivity index (χ2n) is 8.65. The van der Waals surface area contributed by atoms with E-state index in [0.717, 1.165) is 24.2 Å². The number of carbonyl (C=O) groups is 2. The Hall–Kier alpha value is -2.74. The maximum Gasteiger partial charge on any atom is 0.317 e. The van der Waals surface area contributed by atoms with Crippen LogP contribution in [0.3, 0.4) is 0 Å². The summed E-state index contributed by atoms with van der Waals surface area (Å²) in [7, 11) is 1.62. The Balaban J connectivity index is 1.75. The van der Waals surface area contributed by atoms with Crippen molar-refractivity contribution in [1.82, 2.24) is 15.1 Å². The molecule has 1 unspecified atom stereocenters. The fraction of sp³-hybridized carbons (Fsp3) is 0.520. The zero-order valence-corrected chi connectivity index (χ0v) is 20.8. The van der Waals surface area contributed by atoms with Gasteiger partial charge in [-0.25, -0.2) is 4.79 Å². The molecule has 0 fully saturated rings. The van der Waals surface area contributed by atoms with Crippen LogP contribution in [0.2, 0.25) is 0 Å². The Labute approximate surface area is 200 Å². The van der Waals surface area contributed by atoms with Gasteiger partial charge in [0.25, 0.3) is 0 Å². The van der Waals surface area contributed by atoms with Crippen molar-refractivity contribution < 1.29 is 19.1 Å². The maximum absolute atomic E-state index is 13.5. The van der Waals surface area contributed by atoms with Crippen molar-refractivity contribution >= 4 is 23.3 Å². The van der Waals surface area contributed by atoms with Gasteiger partial charge in [-0.1, -0.05) is 26.8 Å². The molecule has 1 aromatic carbocycles. The molecule has 0 radical (unpaired) electrons. The molecule has 0 aliphatic carbocycles. The van der Waals surface area contributed by atoms with Gasteiger partial charge in [0.05, 0.1) is 13.2 Å². The van der Waals surface area contributed by atoms with Gasteiger partial charge in [-0.3, -0.25) is 4.79 Å². The first-order valence-electron chi connectivity index (χ1n) is 11.6. The van der Waals surface area contributed by atoms with Gasteiger partial charge in [0, 0.05) is 30.6 Å². The van der Waals surface area contributed by atoms with Crippen LogP contribution in [0.4, 0.5) is 4.79 Å². The summed E-state index contributed by atoms with van der Waals surface area (Å²) in [6, 6.07) is 9.17. The molecule has 8 heteroatoms. The molecule has 1 aliphatic rings. The van der Waals surface area contributed by atoms with Gasteiger partial charge in [-0.05, 0) is 47.9 Å². The van der Waals surface area contributed by atoms with Crippen LogP contribution in [0.25, 0.3) is 0 Å². The lowest BCUT2D eigenvalue weighted by Crippen LogP contribution is -2.50. The third-order valence-electron chi connectivity index (χ3n) is 5.59. The van der Waals surface area contributed by atoms with E-state index in [4.69, 9.17) is 9.47 Å². The van der Waals surface area contributed by atoms with Crippen LogP contribution in [-0.4, -0.2) is 61.6 Å². The topological polar surface area (TPSA) is 71.1 Å². The number of nitrogens with one attached hydrogen (secondary N) is 1. The van der Waals surface area contributed by atoms with E-state index in [-0.39, 0.29) is 30.4 Å². The number of amides is 3. The average Bonchev–Trinajstić information content (AvgIpc) is 3.29. The third kappa shape index (κ3) is 6.63. The lowest BCUT2D eigenvalue weighted by molar-refractivity contribution is -0.135. The molecule has 33 heavy (non-hydrogen) atoms. The van der Waals surface area contributed by atoms with Crippen molar-refractivity contribution in [3.05, 3.63) is 46.2 Å². The molecule has 1 aromatic heterocycles. The van der Waals surface area contributed by atoms with Gasteiger partial charge < -0.3 is 24.6 Å². The first-order valence-corrected chi connectivity index (χ1v) is 12.5. The average molecular weight is 474 g/mol. The van der Waals surface area contributed by atoms with Crippen LogP contribution in [0.15, 0.2) is 35.7 Å². The molecule has 0 spiro atoms. The smallest absolute Gasteiger partial charge is 0.317 e. The van der Waals surface area contributed by atoms with E-state index in [0.29, 0.717) is 32.0 Å². The predicted molar refractivity (Wildman–Crippen MR) is 131 cm³/mol. The second-order valence-corrected chi connectivity index (χ2v) is 9.65. The lowest BCUT2D eigenvalue weighted by atomic mass is 10.0. The summed E-state index contributed by atoms with van der Waals surface area (Å²) in [6.45, 7) is 8.26.